The summed E-state index contributed by atoms with van der Waals surface area (Å²) in [4.78, 5) is 20.8. The van der Waals surface area contributed by atoms with E-state index in [2.05, 4.69) is 9.88 Å². The van der Waals surface area contributed by atoms with E-state index in [1.807, 2.05) is 42.9 Å². The lowest BCUT2D eigenvalue weighted by Crippen LogP contribution is -2.36. The van der Waals surface area contributed by atoms with Crippen LogP contribution < -0.4 is 9.80 Å². The van der Waals surface area contributed by atoms with Crippen LogP contribution in [0.3, 0.4) is 0 Å². The number of nitrogens with zero attached hydrogens (tertiary/aromatic N) is 4. The summed E-state index contributed by atoms with van der Waals surface area (Å²) in [6.07, 6.45) is 3.51. The van der Waals surface area contributed by atoms with Gasteiger partial charge in [0.2, 0.25) is 5.95 Å². The number of carbonyl (C=O) groups is 1. The van der Waals surface area contributed by atoms with Gasteiger partial charge in [-0.15, -0.1) is 0 Å². The van der Waals surface area contributed by atoms with Crippen LogP contribution in [-0.2, 0) is 11.8 Å². The fourth-order valence-corrected chi connectivity index (χ4v) is 2.91. The molecule has 2 heterocycles. The second kappa shape index (κ2) is 6.42. The van der Waals surface area contributed by atoms with Crippen molar-refractivity contribution in [2.45, 2.75) is 6.92 Å². The summed E-state index contributed by atoms with van der Waals surface area (Å²) in [7, 11) is 3.62. The number of hydrogen-bond acceptors (Lipinski definition) is 4. The van der Waals surface area contributed by atoms with Gasteiger partial charge in [-0.3, -0.25) is 9.69 Å². The highest BCUT2D eigenvalue weighted by Crippen LogP contribution is 2.23. The Bertz CT molecular complexity index is 704. The van der Waals surface area contributed by atoms with Gasteiger partial charge in [0.05, 0.1) is 13.2 Å². The minimum absolute atomic E-state index is 0.0593. The topological polar surface area (TPSA) is 50.6 Å². The molecule has 0 radical (unpaired) electrons. The standard InChI is InChI=1S/C17H22N4O2/c1-13-12-14(4-5-15(13)21-8-10-23-11-9-21)16(22)20(3)17-18-6-7-19(17)2/h4-7,12H,8-11H2,1-3H3. The average molecular weight is 314 g/mol. The first-order valence-electron chi connectivity index (χ1n) is 7.76. The van der Waals surface area contributed by atoms with Crippen molar-refractivity contribution in [2.75, 3.05) is 43.2 Å². The summed E-state index contributed by atoms with van der Waals surface area (Å²) in [6, 6.07) is 5.87. The second-order valence-electron chi connectivity index (χ2n) is 5.80. The highest BCUT2D eigenvalue weighted by molar-refractivity contribution is 6.05. The Labute approximate surface area is 136 Å². The molecule has 1 aromatic heterocycles. The third kappa shape index (κ3) is 3.07. The number of morpholine rings is 1. The van der Waals surface area contributed by atoms with E-state index >= 15 is 0 Å². The summed E-state index contributed by atoms with van der Waals surface area (Å²) >= 11 is 0. The summed E-state index contributed by atoms with van der Waals surface area (Å²) in [5.74, 6) is 0.570. The molecule has 1 aliphatic rings. The molecule has 0 atom stereocenters. The number of anilines is 2. The molecule has 1 fully saturated rings. The van der Waals surface area contributed by atoms with E-state index in [9.17, 15) is 4.79 Å². The van der Waals surface area contributed by atoms with Crippen LogP contribution in [-0.4, -0.2) is 48.8 Å². The number of benzene rings is 1. The van der Waals surface area contributed by atoms with Crippen LogP contribution in [0.5, 0.6) is 0 Å². The fraction of sp³-hybridized carbons (Fsp3) is 0.412. The van der Waals surface area contributed by atoms with E-state index in [4.69, 9.17) is 4.74 Å². The Morgan fingerprint density at radius 3 is 2.65 bits per heavy atom. The molecule has 122 valence electrons. The number of rotatable bonds is 3. The number of aromatic nitrogens is 2. The van der Waals surface area contributed by atoms with Crippen LogP contribution in [0.25, 0.3) is 0 Å². The van der Waals surface area contributed by atoms with E-state index < -0.39 is 0 Å². The van der Waals surface area contributed by atoms with Crippen LogP contribution in [0.2, 0.25) is 0 Å². The maximum atomic E-state index is 12.7. The minimum atomic E-state index is -0.0593. The molecule has 1 aromatic carbocycles. The van der Waals surface area contributed by atoms with Crippen molar-refractivity contribution in [1.82, 2.24) is 9.55 Å². The zero-order valence-electron chi connectivity index (χ0n) is 13.8. The second-order valence-corrected chi connectivity index (χ2v) is 5.80. The molecule has 1 aliphatic heterocycles. The zero-order valence-corrected chi connectivity index (χ0v) is 13.8. The quantitative estimate of drug-likeness (QED) is 0.867. The van der Waals surface area contributed by atoms with Gasteiger partial charge < -0.3 is 14.2 Å². The van der Waals surface area contributed by atoms with E-state index in [-0.39, 0.29) is 5.91 Å². The van der Waals surface area contributed by atoms with Crippen molar-refractivity contribution in [1.29, 1.82) is 0 Å². The largest absolute Gasteiger partial charge is 0.378 e. The first kappa shape index (κ1) is 15.6. The molecule has 6 heteroatoms. The lowest BCUT2D eigenvalue weighted by atomic mass is 10.1. The van der Waals surface area contributed by atoms with E-state index in [0.29, 0.717) is 11.5 Å². The monoisotopic (exact) mass is 314 g/mol. The molecule has 0 bridgehead atoms. The predicted molar refractivity (Wildman–Crippen MR) is 90.2 cm³/mol. The van der Waals surface area contributed by atoms with Crippen LogP contribution in [0.1, 0.15) is 15.9 Å². The molecule has 3 rings (SSSR count). The lowest BCUT2D eigenvalue weighted by Gasteiger charge is -2.30. The van der Waals surface area contributed by atoms with Crippen molar-refractivity contribution < 1.29 is 9.53 Å². The highest BCUT2D eigenvalue weighted by atomic mass is 16.5. The molecular weight excluding hydrogens is 292 g/mol. The van der Waals surface area contributed by atoms with Crippen LogP contribution in [0.4, 0.5) is 11.6 Å². The Morgan fingerprint density at radius 2 is 2.04 bits per heavy atom. The molecular formula is C17H22N4O2. The lowest BCUT2D eigenvalue weighted by molar-refractivity contribution is 0.0990. The predicted octanol–water partition coefficient (Wildman–Crippen LogP) is 1.84. The van der Waals surface area contributed by atoms with Crippen LogP contribution >= 0.6 is 0 Å². The number of aryl methyl sites for hydroxylation is 2. The van der Waals surface area contributed by atoms with E-state index in [0.717, 1.165) is 31.9 Å². The van der Waals surface area contributed by atoms with Crippen molar-refractivity contribution in [3.8, 4) is 0 Å². The van der Waals surface area contributed by atoms with Crippen molar-refractivity contribution >= 4 is 17.5 Å². The van der Waals surface area contributed by atoms with E-state index in [1.54, 1.807) is 18.1 Å². The average Bonchev–Trinajstić information content (AvgIpc) is 3.00. The summed E-state index contributed by atoms with van der Waals surface area (Å²) in [6.45, 7) is 5.33. The van der Waals surface area contributed by atoms with Gasteiger partial charge in [0.25, 0.3) is 5.91 Å². The fourth-order valence-electron chi connectivity index (χ4n) is 2.91. The summed E-state index contributed by atoms with van der Waals surface area (Å²) in [5, 5.41) is 0. The number of imidazole rings is 1. The molecule has 0 N–H and O–H groups in total. The van der Waals surface area contributed by atoms with Gasteiger partial charge in [-0.05, 0) is 30.7 Å². The molecule has 1 amide bonds. The van der Waals surface area contributed by atoms with Crippen LogP contribution in [0, 0.1) is 6.92 Å². The van der Waals surface area contributed by atoms with Gasteiger partial charge in [0.1, 0.15) is 0 Å². The van der Waals surface area contributed by atoms with Crippen molar-refractivity contribution in [3.05, 3.63) is 41.7 Å². The molecule has 0 spiro atoms. The van der Waals surface area contributed by atoms with E-state index in [1.165, 1.54) is 5.69 Å². The molecule has 0 saturated carbocycles. The number of ether oxygens (including phenoxy) is 1. The smallest absolute Gasteiger partial charge is 0.260 e. The van der Waals surface area contributed by atoms with Gasteiger partial charge in [0, 0.05) is 50.8 Å². The summed E-state index contributed by atoms with van der Waals surface area (Å²) < 4.78 is 7.22. The minimum Gasteiger partial charge on any atom is -0.378 e. The van der Waals surface area contributed by atoms with Crippen molar-refractivity contribution in [2.24, 2.45) is 7.05 Å². The SMILES string of the molecule is Cc1cc(C(=O)N(C)c2nccn2C)ccc1N1CCOCC1. The highest BCUT2D eigenvalue weighted by Gasteiger charge is 2.19. The maximum Gasteiger partial charge on any atom is 0.260 e. The van der Waals surface area contributed by atoms with Gasteiger partial charge in [-0.1, -0.05) is 0 Å². The molecule has 6 nitrogen and oxygen atoms in total. The molecule has 0 unspecified atom stereocenters. The Balaban J connectivity index is 1.82. The number of hydrogen-bond donors (Lipinski definition) is 0. The third-order valence-corrected chi connectivity index (χ3v) is 4.20. The third-order valence-electron chi connectivity index (χ3n) is 4.20. The van der Waals surface area contributed by atoms with Gasteiger partial charge in [0.15, 0.2) is 0 Å². The molecule has 1 saturated heterocycles. The Morgan fingerprint density at radius 1 is 1.30 bits per heavy atom. The summed E-state index contributed by atoms with van der Waals surface area (Å²) in [5.41, 5.74) is 2.94. The molecule has 0 aliphatic carbocycles. The molecule has 2 aromatic rings. The Kier molecular flexibility index (Phi) is 4.34. The number of amides is 1. The van der Waals surface area contributed by atoms with Gasteiger partial charge in [-0.25, -0.2) is 4.98 Å². The first-order valence-corrected chi connectivity index (χ1v) is 7.76. The maximum absolute atomic E-state index is 12.7. The van der Waals surface area contributed by atoms with Gasteiger partial charge >= 0.3 is 0 Å². The zero-order chi connectivity index (χ0) is 16.4. The first-order chi connectivity index (χ1) is 11.1. The van der Waals surface area contributed by atoms with Crippen molar-refractivity contribution in [3.63, 3.8) is 0 Å². The Hall–Kier alpha value is -2.34. The van der Waals surface area contributed by atoms with Gasteiger partial charge in [-0.2, -0.15) is 0 Å². The molecule has 23 heavy (non-hydrogen) atoms. The van der Waals surface area contributed by atoms with Crippen LogP contribution in [0.15, 0.2) is 30.6 Å². The number of carbonyl (C=O) groups excluding carboxylic acids is 1. The normalized spacial score (nSPS) is 14.8.